The van der Waals surface area contributed by atoms with E-state index in [0.717, 1.165) is 0 Å². The predicted octanol–water partition coefficient (Wildman–Crippen LogP) is 1.62. The highest BCUT2D eigenvalue weighted by atomic mass is 16.6. The van der Waals surface area contributed by atoms with Gasteiger partial charge >= 0.3 is 5.97 Å². The highest BCUT2D eigenvalue weighted by Crippen LogP contribution is 2.12. The van der Waals surface area contributed by atoms with Crippen molar-refractivity contribution < 1.29 is 19.0 Å². The highest BCUT2D eigenvalue weighted by Gasteiger charge is 2.04. The third-order valence-electron chi connectivity index (χ3n) is 2.03. The maximum absolute atomic E-state index is 11.3. The number of esters is 1. The third-order valence-corrected chi connectivity index (χ3v) is 2.03. The maximum atomic E-state index is 11.3. The molecule has 18 heavy (non-hydrogen) atoms. The Hall–Kier alpha value is -1.75. The zero-order valence-electron chi connectivity index (χ0n) is 10.7. The summed E-state index contributed by atoms with van der Waals surface area (Å²) in [5.41, 5.74) is 6.18. The van der Waals surface area contributed by atoms with Gasteiger partial charge in [0.1, 0.15) is 12.4 Å². The summed E-state index contributed by atoms with van der Waals surface area (Å²) in [4.78, 5) is 11.3. The molecule has 0 amide bonds. The van der Waals surface area contributed by atoms with Crippen molar-refractivity contribution in [2.45, 2.75) is 20.0 Å². The van der Waals surface area contributed by atoms with Crippen molar-refractivity contribution in [3.63, 3.8) is 0 Å². The predicted molar refractivity (Wildman–Crippen MR) is 68.4 cm³/mol. The second-order valence-corrected chi connectivity index (χ2v) is 4.00. The fourth-order valence-electron chi connectivity index (χ4n) is 1.19. The van der Waals surface area contributed by atoms with Crippen molar-refractivity contribution in [2.24, 2.45) is 0 Å². The van der Waals surface area contributed by atoms with Crippen LogP contribution in [0.5, 0.6) is 5.75 Å². The summed E-state index contributed by atoms with van der Waals surface area (Å²) in [7, 11) is 0. The van der Waals surface area contributed by atoms with Crippen molar-refractivity contribution >= 4 is 11.7 Å². The summed E-state index contributed by atoms with van der Waals surface area (Å²) in [6, 6.07) is 6.81. The highest BCUT2D eigenvalue weighted by molar-refractivity contribution is 5.71. The lowest BCUT2D eigenvalue weighted by atomic mass is 10.3. The minimum Gasteiger partial charge on any atom is -0.482 e. The quantitative estimate of drug-likeness (QED) is 0.454. The van der Waals surface area contributed by atoms with Crippen molar-refractivity contribution in [3.8, 4) is 5.75 Å². The van der Waals surface area contributed by atoms with Crippen LogP contribution in [0, 0.1) is 0 Å². The summed E-state index contributed by atoms with van der Waals surface area (Å²) < 4.78 is 15.4. The summed E-state index contributed by atoms with van der Waals surface area (Å²) in [6.07, 6.45) is 0.134. The molecule has 5 nitrogen and oxygen atoms in total. The molecule has 0 aliphatic rings. The van der Waals surface area contributed by atoms with Gasteiger partial charge in [-0.15, -0.1) is 0 Å². The lowest BCUT2D eigenvalue weighted by Crippen LogP contribution is -2.18. The Morgan fingerprint density at radius 2 is 1.89 bits per heavy atom. The molecular weight excluding hydrogens is 234 g/mol. The molecule has 2 N–H and O–H groups in total. The number of ether oxygens (including phenoxy) is 3. The molecule has 5 heteroatoms. The van der Waals surface area contributed by atoms with Gasteiger partial charge in [0.25, 0.3) is 0 Å². The SMILES string of the molecule is CC(C)OCCOC(=O)COc1ccc(N)cc1. The number of hydrogen-bond donors (Lipinski definition) is 1. The Morgan fingerprint density at radius 1 is 1.22 bits per heavy atom. The van der Waals surface area contributed by atoms with E-state index >= 15 is 0 Å². The van der Waals surface area contributed by atoms with Crippen molar-refractivity contribution in [3.05, 3.63) is 24.3 Å². The standard InChI is InChI=1S/C13H19NO4/c1-10(2)16-7-8-17-13(15)9-18-12-5-3-11(14)4-6-12/h3-6,10H,7-9,14H2,1-2H3. The Balaban J connectivity index is 2.15. The van der Waals surface area contributed by atoms with Gasteiger partial charge in [0, 0.05) is 5.69 Å². The molecule has 100 valence electrons. The number of nitrogen functional groups attached to an aromatic ring is 1. The third kappa shape index (κ3) is 6.10. The number of rotatable bonds is 7. The fourth-order valence-corrected chi connectivity index (χ4v) is 1.19. The van der Waals surface area contributed by atoms with Gasteiger partial charge < -0.3 is 19.9 Å². The van der Waals surface area contributed by atoms with E-state index in [0.29, 0.717) is 18.0 Å². The number of nitrogens with two attached hydrogens (primary N) is 1. The molecule has 0 radical (unpaired) electrons. The first kappa shape index (κ1) is 14.3. The average Bonchev–Trinajstić information content (AvgIpc) is 2.34. The topological polar surface area (TPSA) is 70.8 Å². The van der Waals surface area contributed by atoms with Crippen molar-refractivity contribution in [2.75, 3.05) is 25.6 Å². The van der Waals surface area contributed by atoms with Crippen LogP contribution in [0.4, 0.5) is 5.69 Å². The Labute approximate surface area is 107 Å². The molecule has 0 spiro atoms. The van der Waals surface area contributed by atoms with Gasteiger partial charge in [0.2, 0.25) is 0 Å². The van der Waals surface area contributed by atoms with Crippen LogP contribution in [0.3, 0.4) is 0 Å². The number of carbonyl (C=O) groups excluding carboxylic acids is 1. The molecule has 1 aromatic carbocycles. The van der Waals surface area contributed by atoms with Gasteiger partial charge in [-0.3, -0.25) is 0 Å². The van der Waals surface area contributed by atoms with Crippen molar-refractivity contribution in [1.29, 1.82) is 0 Å². The van der Waals surface area contributed by atoms with Crippen LogP contribution in [0.2, 0.25) is 0 Å². The molecule has 0 fully saturated rings. The molecule has 1 aromatic rings. The van der Waals surface area contributed by atoms with Gasteiger partial charge in [0.05, 0.1) is 12.7 Å². The van der Waals surface area contributed by atoms with Crippen LogP contribution in [0.15, 0.2) is 24.3 Å². The van der Waals surface area contributed by atoms with Gasteiger partial charge in [-0.2, -0.15) is 0 Å². The maximum Gasteiger partial charge on any atom is 0.344 e. The molecule has 0 bridgehead atoms. The Morgan fingerprint density at radius 3 is 2.50 bits per heavy atom. The van der Waals surface area contributed by atoms with Gasteiger partial charge in [0.15, 0.2) is 6.61 Å². The Kier molecular flexibility index (Phi) is 6.00. The van der Waals surface area contributed by atoms with E-state index in [1.807, 2.05) is 13.8 Å². The van der Waals surface area contributed by atoms with E-state index in [1.54, 1.807) is 24.3 Å². The second-order valence-electron chi connectivity index (χ2n) is 4.00. The summed E-state index contributed by atoms with van der Waals surface area (Å²) in [5, 5.41) is 0. The van der Waals surface area contributed by atoms with E-state index in [2.05, 4.69) is 0 Å². The number of anilines is 1. The molecular formula is C13H19NO4. The second kappa shape index (κ2) is 7.55. The molecule has 0 saturated carbocycles. The van der Waals surface area contributed by atoms with Crippen LogP contribution < -0.4 is 10.5 Å². The minimum atomic E-state index is -0.417. The minimum absolute atomic E-state index is 0.119. The Bertz CT molecular complexity index is 362. The largest absolute Gasteiger partial charge is 0.482 e. The molecule has 0 heterocycles. The molecule has 0 aliphatic carbocycles. The smallest absolute Gasteiger partial charge is 0.344 e. The van der Waals surface area contributed by atoms with E-state index < -0.39 is 5.97 Å². The first-order valence-corrected chi connectivity index (χ1v) is 5.83. The molecule has 0 aliphatic heterocycles. The van der Waals surface area contributed by atoms with E-state index in [9.17, 15) is 4.79 Å². The van der Waals surface area contributed by atoms with Crippen LogP contribution in [-0.4, -0.2) is 31.9 Å². The van der Waals surface area contributed by atoms with Gasteiger partial charge in [-0.25, -0.2) is 4.79 Å². The average molecular weight is 253 g/mol. The normalized spacial score (nSPS) is 10.4. The summed E-state index contributed by atoms with van der Waals surface area (Å²) >= 11 is 0. The lowest BCUT2D eigenvalue weighted by molar-refractivity contribution is -0.148. The summed E-state index contributed by atoms with van der Waals surface area (Å²) in [5.74, 6) is 0.166. The van der Waals surface area contributed by atoms with Gasteiger partial charge in [-0.1, -0.05) is 0 Å². The van der Waals surface area contributed by atoms with E-state index in [-0.39, 0.29) is 19.3 Å². The lowest BCUT2D eigenvalue weighted by Gasteiger charge is -2.09. The van der Waals surface area contributed by atoms with E-state index in [4.69, 9.17) is 19.9 Å². The van der Waals surface area contributed by atoms with Gasteiger partial charge in [-0.05, 0) is 38.1 Å². The molecule has 1 rings (SSSR count). The van der Waals surface area contributed by atoms with Crippen LogP contribution in [0.1, 0.15) is 13.8 Å². The first-order chi connectivity index (χ1) is 8.58. The molecule has 0 saturated heterocycles. The van der Waals surface area contributed by atoms with Crippen LogP contribution in [-0.2, 0) is 14.3 Å². The first-order valence-electron chi connectivity index (χ1n) is 5.83. The zero-order chi connectivity index (χ0) is 13.4. The molecule has 0 unspecified atom stereocenters. The molecule has 0 aromatic heterocycles. The van der Waals surface area contributed by atoms with E-state index in [1.165, 1.54) is 0 Å². The number of hydrogen-bond acceptors (Lipinski definition) is 5. The number of carbonyl (C=O) groups is 1. The fraction of sp³-hybridized carbons (Fsp3) is 0.462. The monoisotopic (exact) mass is 253 g/mol. The zero-order valence-corrected chi connectivity index (χ0v) is 10.7. The van der Waals surface area contributed by atoms with Crippen LogP contribution >= 0.6 is 0 Å². The molecule has 0 atom stereocenters. The van der Waals surface area contributed by atoms with Crippen molar-refractivity contribution in [1.82, 2.24) is 0 Å². The van der Waals surface area contributed by atoms with Crippen LogP contribution in [0.25, 0.3) is 0 Å². The number of benzene rings is 1. The summed E-state index contributed by atoms with van der Waals surface area (Å²) in [6.45, 7) is 4.36.